The van der Waals surface area contributed by atoms with Gasteiger partial charge in [-0.05, 0) is 75.0 Å². The van der Waals surface area contributed by atoms with Gasteiger partial charge in [0.05, 0.1) is 6.42 Å². The highest BCUT2D eigenvalue weighted by molar-refractivity contribution is 5.89. The fourth-order valence-corrected chi connectivity index (χ4v) is 4.29. The van der Waals surface area contributed by atoms with Crippen LogP contribution in [-0.4, -0.2) is 68.3 Å². The van der Waals surface area contributed by atoms with E-state index in [1.165, 1.54) is 59.7 Å². The lowest BCUT2D eigenvalue weighted by molar-refractivity contribution is -0.118. The van der Waals surface area contributed by atoms with Crippen molar-refractivity contribution >= 4 is 17.8 Å². The van der Waals surface area contributed by atoms with Gasteiger partial charge in [0.1, 0.15) is 17.9 Å². The topological polar surface area (TPSA) is 262 Å². The van der Waals surface area contributed by atoms with Gasteiger partial charge in [-0.2, -0.15) is 0 Å². The summed E-state index contributed by atoms with van der Waals surface area (Å²) in [6, 6.07) is 11.6. The summed E-state index contributed by atoms with van der Waals surface area (Å²) in [5.41, 5.74) is 7.64. The average molecular weight is 675 g/mol. The summed E-state index contributed by atoms with van der Waals surface area (Å²) in [5.74, 6) is -0.000820. The van der Waals surface area contributed by atoms with Crippen molar-refractivity contribution in [1.29, 1.82) is 0 Å². The number of hydrogen-bond acceptors (Lipinski definition) is 12. The van der Waals surface area contributed by atoms with E-state index in [2.05, 4.69) is 30.2 Å². The summed E-state index contributed by atoms with van der Waals surface area (Å²) in [5, 5.41) is 39.0. The molecule has 0 bridgehead atoms. The normalized spacial score (nSPS) is 10.3. The molecule has 0 atom stereocenters. The Morgan fingerprint density at radius 2 is 1.41 bits per heavy atom. The van der Waals surface area contributed by atoms with E-state index in [0.29, 0.717) is 49.4 Å². The molecular formula is C33H38N8O8. The summed E-state index contributed by atoms with van der Waals surface area (Å²) >= 11 is 0. The monoisotopic (exact) mass is 674 g/mol. The van der Waals surface area contributed by atoms with Crippen molar-refractivity contribution in [2.24, 2.45) is 5.73 Å². The van der Waals surface area contributed by atoms with Crippen LogP contribution >= 0.6 is 0 Å². The molecule has 16 nitrogen and oxygen atoms in total. The van der Waals surface area contributed by atoms with Crippen LogP contribution in [0.3, 0.4) is 0 Å². The van der Waals surface area contributed by atoms with Crippen LogP contribution in [0.2, 0.25) is 0 Å². The van der Waals surface area contributed by atoms with Gasteiger partial charge in [-0.25, -0.2) is 19.7 Å². The van der Waals surface area contributed by atoms with E-state index in [-0.39, 0.29) is 52.3 Å². The minimum absolute atomic E-state index is 0.00301. The zero-order valence-corrected chi connectivity index (χ0v) is 26.9. The van der Waals surface area contributed by atoms with Crippen molar-refractivity contribution in [3.63, 3.8) is 0 Å². The number of benzene rings is 2. The van der Waals surface area contributed by atoms with Gasteiger partial charge >= 0.3 is 6.03 Å². The molecule has 258 valence electrons. The van der Waals surface area contributed by atoms with Crippen LogP contribution in [0.25, 0.3) is 0 Å². The third-order valence-electron chi connectivity index (χ3n) is 6.55. The number of hydrogen-bond donors (Lipinski definition) is 8. The quantitative estimate of drug-likeness (QED) is 0.105. The van der Waals surface area contributed by atoms with Crippen molar-refractivity contribution in [2.75, 3.05) is 11.9 Å². The number of nitrogens with zero attached hydrogens (tertiary/aromatic N) is 4. The van der Waals surface area contributed by atoms with Crippen LogP contribution in [0.1, 0.15) is 41.2 Å². The van der Waals surface area contributed by atoms with Crippen molar-refractivity contribution in [3.05, 3.63) is 116 Å². The number of carbonyl (C=O) groups excluding carboxylic acids is 2. The van der Waals surface area contributed by atoms with Crippen LogP contribution in [0.15, 0.2) is 76.8 Å². The Morgan fingerprint density at radius 3 is 1.94 bits per heavy atom. The summed E-state index contributed by atoms with van der Waals surface area (Å²) < 4.78 is 1.24. The zero-order chi connectivity index (χ0) is 35.9. The van der Waals surface area contributed by atoms with Crippen LogP contribution in [-0.2, 0) is 24.1 Å². The lowest BCUT2D eigenvalue weighted by Gasteiger charge is -2.04. The van der Waals surface area contributed by atoms with Gasteiger partial charge in [-0.3, -0.25) is 29.3 Å². The molecule has 0 fully saturated rings. The second-order valence-electron chi connectivity index (χ2n) is 10.7. The Hall–Kier alpha value is -6.29. The average Bonchev–Trinajstić information content (AvgIpc) is 3.56. The molecule has 9 N–H and O–H groups in total. The van der Waals surface area contributed by atoms with Gasteiger partial charge in [0.15, 0.2) is 23.0 Å². The maximum atomic E-state index is 11.9. The maximum absolute atomic E-state index is 11.9. The van der Waals surface area contributed by atoms with E-state index in [9.17, 15) is 29.4 Å². The van der Waals surface area contributed by atoms with Crippen LogP contribution < -0.4 is 22.2 Å². The lowest BCUT2D eigenvalue weighted by Crippen LogP contribution is -2.22. The fraction of sp³-hybridized carbons (Fsp3) is 0.242. The first-order valence-electron chi connectivity index (χ1n) is 15.0. The molecule has 0 unspecified atom stereocenters. The second-order valence-corrected chi connectivity index (χ2v) is 10.7. The molecule has 0 spiro atoms. The summed E-state index contributed by atoms with van der Waals surface area (Å²) in [6.07, 6.45) is 6.75. The zero-order valence-electron chi connectivity index (χ0n) is 26.9. The van der Waals surface area contributed by atoms with E-state index in [1.54, 1.807) is 26.0 Å². The van der Waals surface area contributed by atoms with E-state index in [0.717, 1.165) is 11.1 Å². The number of aryl methyl sites for hydroxylation is 3. The highest BCUT2D eigenvalue weighted by Crippen LogP contribution is 2.26. The Kier molecular flexibility index (Phi) is 13.8. The first-order valence-corrected chi connectivity index (χ1v) is 15.0. The number of H-pyrrole nitrogens is 2. The molecule has 2 aromatic carbocycles. The Labute approximate surface area is 280 Å². The third kappa shape index (κ3) is 12.8. The number of imidazole rings is 1. The van der Waals surface area contributed by atoms with Crippen LogP contribution in [0.4, 0.5) is 10.7 Å². The molecule has 0 radical (unpaired) electrons. The van der Waals surface area contributed by atoms with Crippen LogP contribution in [0.5, 0.6) is 23.0 Å². The Morgan fingerprint density at radius 1 is 0.816 bits per heavy atom. The van der Waals surface area contributed by atoms with Gasteiger partial charge in [-0.1, -0.05) is 12.1 Å². The highest BCUT2D eigenvalue weighted by Gasteiger charge is 2.08. The SMILES string of the molecule is Cc1cc(=O)[nH]c(CC(=O)CCCc2ccc(O)c(O)c2)n1.Cc1cc(=O)[nH]c(NC(=O)n2ccnc2)n1.NCCc1ccc(O)c(O)c1. The fourth-order valence-electron chi connectivity index (χ4n) is 4.29. The minimum atomic E-state index is -0.439. The Balaban J connectivity index is 0.000000211. The molecule has 0 saturated heterocycles. The molecule has 16 heteroatoms. The first kappa shape index (κ1) is 37.2. The van der Waals surface area contributed by atoms with Gasteiger partial charge in [0.25, 0.3) is 11.1 Å². The van der Waals surface area contributed by atoms with Crippen LogP contribution in [0, 0.1) is 13.8 Å². The standard InChI is InChI=1S/C16H18N2O4.C9H9N5O2.C8H11NO2/c1-10-7-16(22)18-15(17-10)9-12(19)4-2-3-11-5-6-13(20)14(21)8-11;1-6-4-7(15)12-8(11-6)13-9(16)14-3-2-10-5-14;9-4-3-6-1-2-7(10)8(11)5-6/h5-8,20-21H,2-4,9H2,1H3,(H,17,18,22);2-5H,1H3,(H2,11,12,13,15,16);1-2,5,10-11H,3-4,9H2. The first-order chi connectivity index (χ1) is 23.3. The number of aromatic amines is 2. The number of ketones is 1. The molecule has 0 saturated carbocycles. The summed E-state index contributed by atoms with van der Waals surface area (Å²) in [4.78, 5) is 62.6. The van der Waals surface area contributed by atoms with Gasteiger partial charge in [0.2, 0.25) is 5.95 Å². The van der Waals surface area contributed by atoms with E-state index in [1.807, 2.05) is 0 Å². The predicted molar refractivity (Wildman–Crippen MR) is 180 cm³/mol. The number of carbonyl (C=O) groups is 2. The molecule has 5 rings (SSSR count). The predicted octanol–water partition coefficient (Wildman–Crippen LogP) is 2.58. The smallest absolute Gasteiger partial charge is 0.333 e. The second kappa shape index (κ2) is 18.2. The van der Waals surface area contributed by atoms with E-state index < -0.39 is 6.03 Å². The van der Waals surface area contributed by atoms with E-state index >= 15 is 0 Å². The third-order valence-corrected chi connectivity index (χ3v) is 6.55. The van der Waals surface area contributed by atoms with Gasteiger partial charge in [0, 0.05) is 42.3 Å². The molecule has 1 amide bonds. The van der Waals surface area contributed by atoms with Crippen molar-refractivity contribution in [2.45, 2.75) is 46.0 Å². The van der Waals surface area contributed by atoms with Gasteiger partial charge in [-0.15, -0.1) is 0 Å². The minimum Gasteiger partial charge on any atom is -0.504 e. The number of nitrogens with one attached hydrogen (secondary N) is 3. The maximum Gasteiger partial charge on any atom is 0.333 e. The molecule has 3 aromatic heterocycles. The number of nitrogens with two attached hydrogens (primary N) is 1. The van der Waals surface area contributed by atoms with Crippen molar-refractivity contribution < 1.29 is 30.0 Å². The van der Waals surface area contributed by atoms with Gasteiger partial charge < -0.3 is 31.1 Å². The largest absolute Gasteiger partial charge is 0.504 e. The summed E-state index contributed by atoms with van der Waals surface area (Å²) in [7, 11) is 0. The number of Topliss-reactive ketones (excluding diaryl/α,β-unsaturated/α-hetero) is 1. The molecule has 0 aliphatic rings. The molecule has 0 aliphatic heterocycles. The molecular weight excluding hydrogens is 636 g/mol. The number of aromatic hydroxyl groups is 4. The van der Waals surface area contributed by atoms with Crippen molar-refractivity contribution in [3.8, 4) is 23.0 Å². The summed E-state index contributed by atoms with van der Waals surface area (Å²) in [6.45, 7) is 3.92. The Bertz CT molecular complexity index is 1970. The number of anilines is 1. The highest BCUT2D eigenvalue weighted by atomic mass is 16.3. The van der Waals surface area contributed by atoms with E-state index in [4.69, 9.17) is 15.9 Å². The number of phenols is 4. The molecule has 49 heavy (non-hydrogen) atoms. The number of aromatic nitrogens is 6. The molecule has 5 aromatic rings. The number of amides is 1. The molecule has 3 heterocycles. The lowest BCUT2D eigenvalue weighted by atomic mass is 10.0. The van der Waals surface area contributed by atoms with Crippen molar-refractivity contribution in [1.82, 2.24) is 29.5 Å². The number of rotatable bonds is 9. The number of phenolic OH excluding ortho intramolecular Hbond substituents is 4. The molecule has 0 aliphatic carbocycles.